The van der Waals surface area contributed by atoms with Gasteiger partial charge in [0.2, 0.25) is 0 Å². The zero-order valence-electron chi connectivity index (χ0n) is 11.4. The Kier molecular flexibility index (Phi) is 2.68. The van der Waals surface area contributed by atoms with E-state index in [0.717, 1.165) is 19.6 Å². The lowest BCUT2D eigenvalue weighted by Gasteiger charge is -2.46. The van der Waals surface area contributed by atoms with Crippen molar-refractivity contribution in [3.8, 4) is 0 Å². The molecule has 96 valence electrons. The second-order valence-electron chi connectivity index (χ2n) is 5.68. The maximum absolute atomic E-state index is 3.40. The second kappa shape index (κ2) is 4.11. The van der Waals surface area contributed by atoms with Crippen LogP contribution in [0.3, 0.4) is 0 Å². The van der Waals surface area contributed by atoms with Gasteiger partial charge in [-0.25, -0.2) is 0 Å². The number of H-pyrrole nitrogens is 1. The Morgan fingerprint density at radius 1 is 1.17 bits per heavy atom. The van der Waals surface area contributed by atoms with Crippen LogP contribution in [0.5, 0.6) is 0 Å². The third-order valence-electron chi connectivity index (χ3n) is 4.41. The number of nitrogens with zero attached hydrogens (tertiary/aromatic N) is 2. The predicted octanol–water partition coefficient (Wildman–Crippen LogP) is 2.26. The lowest BCUT2D eigenvalue weighted by atomic mass is 9.88. The predicted molar refractivity (Wildman–Crippen MR) is 75.8 cm³/mol. The number of benzene rings is 1. The SMILES string of the molecule is CN1CCN(C)C(C)(c2c[nH]c3ccccc23)C1. The zero-order chi connectivity index (χ0) is 12.8. The molecule has 0 amide bonds. The van der Waals surface area contributed by atoms with Gasteiger partial charge in [0, 0.05) is 36.7 Å². The molecule has 1 saturated heterocycles. The van der Waals surface area contributed by atoms with Gasteiger partial charge in [-0.3, -0.25) is 4.90 Å². The van der Waals surface area contributed by atoms with Crippen LogP contribution in [-0.4, -0.2) is 48.5 Å². The van der Waals surface area contributed by atoms with Crippen LogP contribution in [0.25, 0.3) is 10.9 Å². The van der Waals surface area contributed by atoms with Crippen molar-refractivity contribution in [1.29, 1.82) is 0 Å². The fourth-order valence-electron chi connectivity index (χ4n) is 3.10. The molecule has 1 aromatic carbocycles. The number of nitrogens with one attached hydrogen (secondary N) is 1. The molecule has 2 aromatic rings. The number of piperazine rings is 1. The lowest BCUT2D eigenvalue weighted by molar-refractivity contribution is 0.0390. The highest BCUT2D eigenvalue weighted by Gasteiger charge is 2.37. The molecule has 1 aliphatic heterocycles. The van der Waals surface area contributed by atoms with Gasteiger partial charge in [-0.15, -0.1) is 0 Å². The fraction of sp³-hybridized carbons (Fsp3) is 0.467. The third-order valence-corrected chi connectivity index (χ3v) is 4.41. The normalized spacial score (nSPS) is 26.8. The quantitative estimate of drug-likeness (QED) is 0.830. The minimum Gasteiger partial charge on any atom is -0.361 e. The molecule has 3 nitrogen and oxygen atoms in total. The molecule has 1 aliphatic rings. The van der Waals surface area contributed by atoms with Crippen molar-refractivity contribution in [2.75, 3.05) is 33.7 Å². The first-order chi connectivity index (χ1) is 8.61. The fourth-order valence-corrected chi connectivity index (χ4v) is 3.10. The summed E-state index contributed by atoms with van der Waals surface area (Å²) >= 11 is 0. The van der Waals surface area contributed by atoms with Crippen LogP contribution in [0.4, 0.5) is 0 Å². The summed E-state index contributed by atoms with van der Waals surface area (Å²) in [4.78, 5) is 8.29. The molecular formula is C15H21N3. The molecule has 1 atom stereocenters. The average molecular weight is 243 g/mol. The van der Waals surface area contributed by atoms with Crippen LogP contribution < -0.4 is 0 Å². The Bertz CT molecular complexity index is 560. The van der Waals surface area contributed by atoms with E-state index in [9.17, 15) is 0 Å². The highest BCUT2D eigenvalue weighted by atomic mass is 15.3. The van der Waals surface area contributed by atoms with Crippen LogP contribution in [0.15, 0.2) is 30.5 Å². The number of fused-ring (bicyclic) bond motifs is 1. The van der Waals surface area contributed by atoms with E-state index in [0.29, 0.717) is 0 Å². The summed E-state index contributed by atoms with van der Waals surface area (Å²) in [5, 5.41) is 1.35. The average Bonchev–Trinajstić information content (AvgIpc) is 2.78. The van der Waals surface area contributed by atoms with Crippen molar-refractivity contribution in [2.45, 2.75) is 12.5 Å². The van der Waals surface area contributed by atoms with E-state index in [1.54, 1.807) is 0 Å². The van der Waals surface area contributed by atoms with Crippen LogP contribution in [0.1, 0.15) is 12.5 Å². The molecule has 0 spiro atoms. The van der Waals surface area contributed by atoms with Crippen LogP contribution in [0.2, 0.25) is 0 Å². The maximum atomic E-state index is 3.40. The standard InChI is InChI=1S/C15H21N3/c1-15(11-17(2)8-9-18(15)3)13-10-16-14-7-5-4-6-12(13)14/h4-7,10,16H,8-9,11H2,1-3H3. The number of hydrogen-bond acceptors (Lipinski definition) is 2. The Morgan fingerprint density at radius 3 is 2.78 bits per heavy atom. The van der Waals surface area contributed by atoms with Crippen molar-refractivity contribution in [2.24, 2.45) is 0 Å². The van der Waals surface area contributed by atoms with E-state index in [-0.39, 0.29) is 5.54 Å². The Hall–Kier alpha value is -1.32. The summed E-state index contributed by atoms with van der Waals surface area (Å²) < 4.78 is 0. The zero-order valence-corrected chi connectivity index (χ0v) is 11.4. The Balaban J connectivity index is 2.12. The number of hydrogen-bond donors (Lipinski definition) is 1. The molecule has 1 aromatic heterocycles. The first-order valence-electron chi connectivity index (χ1n) is 6.57. The molecule has 3 rings (SSSR count). The van der Waals surface area contributed by atoms with Crippen molar-refractivity contribution in [3.05, 3.63) is 36.0 Å². The van der Waals surface area contributed by atoms with Crippen LogP contribution in [-0.2, 0) is 5.54 Å². The number of aromatic nitrogens is 1. The minimum atomic E-state index is 0.0899. The third kappa shape index (κ3) is 1.66. The molecule has 2 heterocycles. The van der Waals surface area contributed by atoms with Crippen LogP contribution in [0, 0.1) is 0 Å². The van der Waals surface area contributed by atoms with Gasteiger partial charge in [0.25, 0.3) is 0 Å². The van der Waals surface area contributed by atoms with Gasteiger partial charge in [0.1, 0.15) is 0 Å². The van der Waals surface area contributed by atoms with E-state index in [1.165, 1.54) is 16.5 Å². The summed E-state index contributed by atoms with van der Waals surface area (Å²) in [6.07, 6.45) is 2.18. The van der Waals surface area contributed by atoms with Gasteiger partial charge >= 0.3 is 0 Å². The van der Waals surface area contributed by atoms with E-state index in [1.807, 2.05) is 0 Å². The Morgan fingerprint density at radius 2 is 1.94 bits per heavy atom. The van der Waals surface area contributed by atoms with Crippen molar-refractivity contribution in [3.63, 3.8) is 0 Å². The molecule has 0 saturated carbocycles. The molecule has 1 unspecified atom stereocenters. The van der Waals surface area contributed by atoms with Crippen molar-refractivity contribution >= 4 is 10.9 Å². The van der Waals surface area contributed by atoms with Gasteiger partial charge in [-0.1, -0.05) is 18.2 Å². The van der Waals surface area contributed by atoms with E-state index in [4.69, 9.17) is 0 Å². The summed E-state index contributed by atoms with van der Waals surface area (Å²) in [6, 6.07) is 8.57. The summed E-state index contributed by atoms with van der Waals surface area (Å²) in [5.74, 6) is 0. The van der Waals surface area contributed by atoms with Gasteiger partial charge in [0.15, 0.2) is 0 Å². The summed E-state index contributed by atoms with van der Waals surface area (Å²) in [7, 11) is 4.44. The molecule has 0 bridgehead atoms. The largest absolute Gasteiger partial charge is 0.361 e. The summed E-state index contributed by atoms with van der Waals surface area (Å²) in [6.45, 7) is 5.69. The topological polar surface area (TPSA) is 22.3 Å². The molecule has 1 N–H and O–H groups in total. The van der Waals surface area contributed by atoms with E-state index in [2.05, 4.69) is 66.3 Å². The number of para-hydroxylation sites is 1. The first-order valence-corrected chi connectivity index (χ1v) is 6.57. The molecule has 3 heteroatoms. The smallest absolute Gasteiger partial charge is 0.0578 e. The summed E-state index contributed by atoms with van der Waals surface area (Å²) in [5.41, 5.74) is 2.73. The molecule has 0 radical (unpaired) electrons. The number of likely N-dealkylation sites (N-methyl/N-ethyl adjacent to an activating group) is 2. The maximum Gasteiger partial charge on any atom is 0.0578 e. The van der Waals surface area contributed by atoms with Crippen molar-refractivity contribution < 1.29 is 0 Å². The van der Waals surface area contributed by atoms with Crippen molar-refractivity contribution in [1.82, 2.24) is 14.8 Å². The highest BCUT2D eigenvalue weighted by Crippen LogP contribution is 2.35. The molecule has 0 aliphatic carbocycles. The van der Waals surface area contributed by atoms with Crippen LogP contribution >= 0.6 is 0 Å². The first kappa shape index (κ1) is 11.8. The van der Waals surface area contributed by atoms with Gasteiger partial charge in [0.05, 0.1) is 5.54 Å². The minimum absolute atomic E-state index is 0.0899. The highest BCUT2D eigenvalue weighted by molar-refractivity contribution is 5.84. The van der Waals surface area contributed by atoms with E-state index >= 15 is 0 Å². The number of rotatable bonds is 1. The van der Waals surface area contributed by atoms with E-state index < -0.39 is 0 Å². The Labute approximate surface area is 108 Å². The monoisotopic (exact) mass is 243 g/mol. The lowest BCUT2D eigenvalue weighted by Crippen LogP contribution is -2.56. The molecule has 18 heavy (non-hydrogen) atoms. The molecule has 1 fully saturated rings. The van der Waals surface area contributed by atoms with Gasteiger partial charge in [-0.2, -0.15) is 0 Å². The second-order valence-corrected chi connectivity index (χ2v) is 5.68. The number of aromatic amines is 1. The molecular weight excluding hydrogens is 222 g/mol. The van der Waals surface area contributed by atoms with Gasteiger partial charge < -0.3 is 9.88 Å². The van der Waals surface area contributed by atoms with Gasteiger partial charge in [-0.05, 0) is 32.6 Å².